The number of para-hydroxylation sites is 1. The van der Waals surface area contributed by atoms with E-state index >= 15 is 0 Å². The first-order valence-corrected chi connectivity index (χ1v) is 16.2. The van der Waals surface area contributed by atoms with Gasteiger partial charge in [-0.15, -0.1) is 65.0 Å². The van der Waals surface area contributed by atoms with Crippen molar-refractivity contribution in [3.8, 4) is 11.3 Å². The number of aromatic nitrogens is 2. The Labute approximate surface area is 313 Å². The predicted octanol–water partition coefficient (Wildman–Crippen LogP) is 12.3. The fraction of sp³-hybridized carbons (Fsp3) is 0.244. The molecule has 0 saturated heterocycles. The van der Waals surface area contributed by atoms with Crippen LogP contribution in [-0.2, 0) is 32.9 Å². The Balaban J connectivity index is 0.000000198. The standard InChI is InChI=1S/C28H22NO.C17H20N.Ir/c1-28(2,3)16-17-14-15-29-26-21-10-5-4-8-18(21)20-12-13-22-19-9-6-7-11-23(19)30-27(22)25(20)24(17)26;1-13-5-8-15(9-6-13)16-10-7-14(12-18-16)11-17(2,3)4;/h4-9,11-15H,16H2,1-3H3;5-8,10,12H,11H2,1-4H3;/q2*-1;/i16D2;1D3,11D2;. The summed E-state index contributed by atoms with van der Waals surface area (Å²) in [5, 5.41) is 6.77. The van der Waals surface area contributed by atoms with Crippen LogP contribution < -0.4 is 0 Å². The Hall–Kier alpha value is -4.37. The van der Waals surface area contributed by atoms with Gasteiger partial charge in [0.2, 0.25) is 0 Å². The molecule has 8 aromatic rings. The molecule has 0 spiro atoms. The van der Waals surface area contributed by atoms with E-state index < -0.39 is 30.4 Å². The van der Waals surface area contributed by atoms with Gasteiger partial charge in [-0.1, -0.05) is 96.2 Å². The van der Waals surface area contributed by atoms with E-state index in [4.69, 9.17) is 19.0 Å². The Morgan fingerprint density at radius 1 is 0.735 bits per heavy atom. The van der Waals surface area contributed by atoms with Gasteiger partial charge in [-0.05, 0) is 68.8 Å². The third-order valence-corrected chi connectivity index (χ3v) is 8.01. The maximum atomic E-state index is 9.10. The van der Waals surface area contributed by atoms with Gasteiger partial charge in [-0.2, -0.15) is 0 Å². The van der Waals surface area contributed by atoms with Crippen LogP contribution in [0.1, 0.15) is 67.8 Å². The summed E-state index contributed by atoms with van der Waals surface area (Å²) in [6, 6.07) is 34.4. The molecule has 0 aliphatic carbocycles. The molecule has 0 N–H and O–H groups in total. The van der Waals surface area contributed by atoms with Crippen LogP contribution in [0.4, 0.5) is 0 Å². The third kappa shape index (κ3) is 7.18. The molecular weight excluding hydrogens is 777 g/mol. The fourth-order valence-corrected chi connectivity index (χ4v) is 6.18. The molecule has 0 aliphatic heterocycles. The molecule has 3 heterocycles. The molecule has 4 heteroatoms. The van der Waals surface area contributed by atoms with Crippen molar-refractivity contribution in [2.75, 3.05) is 0 Å². The van der Waals surface area contributed by atoms with Gasteiger partial charge in [-0.3, -0.25) is 0 Å². The number of benzene rings is 5. The normalized spacial score (nSPS) is 14.9. The molecule has 3 nitrogen and oxygen atoms in total. The zero-order valence-corrected chi connectivity index (χ0v) is 30.8. The smallest absolute Gasteiger partial charge is 0.142 e. The summed E-state index contributed by atoms with van der Waals surface area (Å²) in [6.07, 6.45) is 0.170. The van der Waals surface area contributed by atoms with E-state index in [2.05, 4.69) is 41.4 Å². The van der Waals surface area contributed by atoms with Gasteiger partial charge in [0.05, 0.1) is 0 Å². The Kier molecular flexibility index (Phi) is 7.30. The molecule has 0 amide bonds. The van der Waals surface area contributed by atoms with Crippen LogP contribution >= 0.6 is 0 Å². The van der Waals surface area contributed by atoms with Gasteiger partial charge in [-0.25, -0.2) is 0 Å². The van der Waals surface area contributed by atoms with Crippen molar-refractivity contribution in [2.24, 2.45) is 10.8 Å². The summed E-state index contributed by atoms with van der Waals surface area (Å²) < 4.78 is 63.2. The average molecular weight is 826 g/mol. The maximum Gasteiger partial charge on any atom is 0.142 e. The maximum absolute atomic E-state index is 9.10. The zero-order chi connectivity index (χ0) is 39.7. The second-order valence-electron chi connectivity index (χ2n) is 14.2. The van der Waals surface area contributed by atoms with Crippen LogP contribution in [0.2, 0.25) is 0 Å². The van der Waals surface area contributed by atoms with Crippen LogP contribution in [0.5, 0.6) is 0 Å². The van der Waals surface area contributed by atoms with Crippen molar-refractivity contribution in [2.45, 2.75) is 61.1 Å². The first-order chi connectivity index (χ1) is 25.7. The van der Waals surface area contributed by atoms with Crippen LogP contribution in [0, 0.1) is 29.8 Å². The van der Waals surface area contributed by atoms with E-state index in [0.29, 0.717) is 22.4 Å². The van der Waals surface area contributed by atoms with E-state index in [1.54, 1.807) is 30.5 Å². The molecule has 49 heavy (non-hydrogen) atoms. The van der Waals surface area contributed by atoms with E-state index in [-0.39, 0.29) is 25.7 Å². The second kappa shape index (κ2) is 13.5. The summed E-state index contributed by atoms with van der Waals surface area (Å²) >= 11 is 0. The van der Waals surface area contributed by atoms with Crippen molar-refractivity contribution in [3.05, 3.63) is 132 Å². The number of furan rings is 1. The van der Waals surface area contributed by atoms with Gasteiger partial charge in [0.1, 0.15) is 11.2 Å². The topological polar surface area (TPSA) is 38.9 Å². The number of hydrogen-bond donors (Lipinski definition) is 0. The van der Waals surface area contributed by atoms with Crippen molar-refractivity contribution in [3.63, 3.8) is 0 Å². The Morgan fingerprint density at radius 3 is 2.22 bits per heavy atom. The predicted molar refractivity (Wildman–Crippen MR) is 202 cm³/mol. The summed E-state index contributed by atoms with van der Waals surface area (Å²) in [6.45, 7) is 9.21. The minimum atomic E-state index is -2.14. The molecule has 8 rings (SSSR count). The molecule has 5 aromatic carbocycles. The minimum Gasteiger partial charge on any atom is -0.455 e. The van der Waals surface area contributed by atoms with E-state index in [9.17, 15) is 0 Å². The number of aryl methyl sites for hydroxylation is 1. The van der Waals surface area contributed by atoms with Crippen molar-refractivity contribution >= 4 is 54.4 Å². The second-order valence-corrected chi connectivity index (χ2v) is 14.2. The molecule has 3 aromatic heterocycles. The molecular formula is C45H42IrN2O-2. The molecule has 249 valence electrons. The Morgan fingerprint density at radius 2 is 1.51 bits per heavy atom. The van der Waals surface area contributed by atoms with E-state index in [1.165, 1.54) is 12.3 Å². The van der Waals surface area contributed by atoms with Gasteiger partial charge < -0.3 is 14.4 Å². The van der Waals surface area contributed by atoms with Gasteiger partial charge in [0.15, 0.2) is 0 Å². The average Bonchev–Trinajstić information content (AvgIpc) is 3.52. The van der Waals surface area contributed by atoms with Gasteiger partial charge >= 0.3 is 0 Å². The van der Waals surface area contributed by atoms with Crippen molar-refractivity contribution < 1.29 is 34.1 Å². The number of hydrogen-bond acceptors (Lipinski definition) is 3. The molecule has 0 aliphatic rings. The molecule has 1 radical (unpaired) electrons. The fourth-order valence-electron chi connectivity index (χ4n) is 6.18. The monoisotopic (exact) mass is 826 g/mol. The number of rotatable bonds is 3. The van der Waals surface area contributed by atoms with Crippen LogP contribution in [0.3, 0.4) is 0 Å². The van der Waals surface area contributed by atoms with Crippen molar-refractivity contribution in [1.29, 1.82) is 0 Å². The molecule has 0 unspecified atom stereocenters. The van der Waals surface area contributed by atoms with Gasteiger partial charge in [0, 0.05) is 58.3 Å². The molecule has 0 saturated carbocycles. The van der Waals surface area contributed by atoms with Crippen molar-refractivity contribution in [1.82, 2.24) is 9.97 Å². The first kappa shape index (κ1) is 26.5. The van der Waals surface area contributed by atoms with Crippen LogP contribution in [0.15, 0.2) is 108 Å². The molecule has 0 bridgehead atoms. The third-order valence-electron chi connectivity index (χ3n) is 8.01. The number of pyridine rings is 2. The summed E-state index contributed by atoms with van der Waals surface area (Å²) in [7, 11) is 0. The SMILES string of the molecule is [2H]C([2H])([2H])c1c[c-]c(-c2ccc(C([2H])([2H])C(C)(C)C)cn2)cc1.[2H]C([2H])(c1ccnc2c3[c-]cccc3c3ccc4c5ccccc5oc4c3c12)C(C)(C)C.[Ir]. The largest absolute Gasteiger partial charge is 0.455 e. The summed E-state index contributed by atoms with van der Waals surface area (Å²) in [5.74, 6) is 0. The van der Waals surface area contributed by atoms with E-state index in [1.807, 2.05) is 77.9 Å². The van der Waals surface area contributed by atoms with Crippen LogP contribution in [0.25, 0.3) is 65.6 Å². The van der Waals surface area contributed by atoms with E-state index in [0.717, 1.165) is 54.4 Å². The molecule has 0 fully saturated rings. The van der Waals surface area contributed by atoms with Crippen LogP contribution in [-0.4, -0.2) is 9.97 Å². The Bertz CT molecular complexity index is 2710. The zero-order valence-electron chi connectivity index (χ0n) is 35.5. The number of fused-ring (bicyclic) bond motifs is 10. The quantitative estimate of drug-likeness (QED) is 0.132. The minimum absolute atomic E-state index is 0. The summed E-state index contributed by atoms with van der Waals surface area (Å²) in [5.41, 5.74) is 3.92. The van der Waals surface area contributed by atoms with Gasteiger partial charge in [0.25, 0.3) is 0 Å². The summed E-state index contributed by atoms with van der Waals surface area (Å²) in [4.78, 5) is 9.05. The first-order valence-electron chi connectivity index (χ1n) is 19.7. The molecule has 0 atom stereocenters. The number of nitrogens with zero attached hydrogens (tertiary/aromatic N) is 2.